The van der Waals surface area contributed by atoms with Crippen LogP contribution < -0.4 is 5.69 Å². The fourth-order valence-electron chi connectivity index (χ4n) is 3.60. The smallest absolute Gasteiger partial charge is 0.289 e. The molecule has 0 radical (unpaired) electrons. The Bertz CT molecular complexity index is 1400. The fourth-order valence-corrected chi connectivity index (χ4v) is 3.60. The zero-order valence-corrected chi connectivity index (χ0v) is 15.5. The summed E-state index contributed by atoms with van der Waals surface area (Å²) >= 11 is 0. The molecule has 2 aromatic carbocycles. The highest BCUT2D eigenvalue weighted by Gasteiger charge is 2.18. The first-order valence-electron chi connectivity index (χ1n) is 9.18. The Balaban J connectivity index is 1.70. The van der Waals surface area contributed by atoms with E-state index in [0.717, 1.165) is 22.0 Å². The van der Waals surface area contributed by atoms with E-state index in [1.807, 2.05) is 37.3 Å². The Morgan fingerprint density at radius 1 is 1.03 bits per heavy atom. The van der Waals surface area contributed by atoms with Crippen LogP contribution in [0.15, 0.2) is 71.8 Å². The van der Waals surface area contributed by atoms with E-state index < -0.39 is 0 Å². The van der Waals surface area contributed by atoms with Crippen LogP contribution in [0.1, 0.15) is 18.5 Å². The van der Waals surface area contributed by atoms with Crippen LogP contribution in [0.2, 0.25) is 0 Å². The summed E-state index contributed by atoms with van der Waals surface area (Å²) in [6.45, 7) is 1.87. The number of H-pyrrole nitrogens is 1. The third-order valence-corrected chi connectivity index (χ3v) is 5.09. The standard InChI is InChI=1S/C22H16FN5O/c1-13(14-7-9-15(23)10-8-14)28-21-20(27-22(28)29)25-12-19(26-21)17-4-2-6-18-16(17)5-3-11-24-18/h2-13H,1H3,(H,25,27,29). The molecule has 1 N–H and O–H groups in total. The SMILES string of the molecule is CC(c1ccc(F)cc1)n1c(=O)[nH]c2ncc(-c3cccc4ncccc34)nc21. The highest BCUT2D eigenvalue weighted by Crippen LogP contribution is 2.27. The number of rotatable bonds is 3. The van der Waals surface area contributed by atoms with Crippen LogP contribution in [-0.2, 0) is 0 Å². The quantitative estimate of drug-likeness (QED) is 0.508. The van der Waals surface area contributed by atoms with Crippen LogP contribution in [0.25, 0.3) is 33.5 Å². The van der Waals surface area contributed by atoms with Crippen molar-refractivity contribution in [2.45, 2.75) is 13.0 Å². The number of aromatic amines is 1. The monoisotopic (exact) mass is 385 g/mol. The van der Waals surface area contributed by atoms with Gasteiger partial charge in [-0.3, -0.25) is 14.5 Å². The van der Waals surface area contributed by atoms with E-state index >= 15 is 0 Å². The molecule has 1 unspecified atom stereocenters. The molecule has 3 heterocycles. The summed E-state index contributed by atoms with van der Waals surface area (Å²) < 4.78 is 14.8. The van der Waals surface area contributed by atoms with Crippen molar-refractivity contribution in [1.29, 1.82) is 0 Å². The summed E-state index contributed by atoms with van der Waals surface area (Å²) in [5.74, 6) is -0.320. The van der Waals surface area contributed by atoms with Crippen LogP contribution in [0, 0.1) is 5.82 Å². The summed E-state index contributed by atoms with van der Waals surface area (Å²) in [7, 11) is 0. The number of nitrogens with one attached hydrogen (secondary N) is 1. The summed E-state index contributed by atoms with van der Waals surface area (Å²) in [4.78, 5) is 28.9. The molecule has 5 aromatic rings. The Hall–Kier alpha value is -3.87. The van der Waals surface area contributed by atoms with Crippen molar-refractivity contribution >= 4 is 22.2 Å². The summed E-state index contributed by atoms with van der Waals surface area (Å²) in [5, 5.41) is 0.958. The lowest BCUT2D eigenvalue weighted by atomic mass is 10.1. The molecular weight excluding hydrogens is 369 g/mol. The maximum absolute atomic E-state index is 13.3. The molecule has 0 fully saturated rings. The van der Waals surface area contributed by atoms with Gasteiger partial charge in [0.15, 0.2) is 11.3 Å². The van der Waals surface area contributed by atoms with Gasteiger partial charge in [0.2, 0.25) is 0 Å². The molecule has 0 aliphatic carbocycles. The second-order valence-electron chi connectivity index (χ2n) is 6.83. The normalized spacial score (nSPS) is 12.5. The number of benzene rings is 2. The lowest BCUT2D eigenvalue weighted by Crippen LogP contribution is -2.21. The summed E-state index contributed by atoms with van der Waals surface area (Å²) in [6.07, 6.45) is 3.39. The number of halogens is 1. The van der Waals surface area contributed by atoms with Crippen molar-refractivity contribution in [3.8, 4) is 11.3 Å². The number of hydrogen-bond donors (Lipinski definition) is 1. The minimum atomic E-state index is -0.337. The molecule has 0 amide bonds. The molecule has 0 spiro atoms. The van der Waals surface area contributed by atoms with Gasteiger partial charge in [-0.15, -0.1) is 0 Å². The van der Waals surface area contributed by atoms with Gasteiger partial charge in [0.05, 0.1) is 23.4 Å². The highest BCUT2D eigenvalue weighted by atomic mass is 19.1. The van der Waals surface area contributed by atoms with E-state index in [9.17, 15) is 9.18 Å². The lowest BCUT2D eigenvalue weighted by Gasteiger charge is -2.14. The van der Waals surface area contributed by atoms with E-state index in [4.69, 9.17) is 4.98 Å². The molecule has 0 aliphatic rings. The van der Waals surface area contributed by atoms with Crippen molar-refractivity contribution in [2.24, 2.45) is 0 Å². The predicted molar refractivity (Wildman–Crippen MR) is 109 cm³/mol. The largest absolute Gasteiger partial charge is 0.329 e. The van der Waals surface area contributed by atoms with Crippen molar-refractivity contribution in [3.05, 3.63) is 88.9 Å². The van der Waals surface area contributed by atoms with E-state index in [2.05, 4.69) is 15.0 Å². The molecule has 142 valence electrons. The molecule has 5 rings (SSSR count). The van der Waals surface area contributed by atoms with Crippen molar-refractivity contribution in [2.75, 3.05) is 0 Å². The maximum Gasteiger partial charge on any atom is 0.329 e. The van der Waals surface area contributed by atoms with Crippen LogP contribution in [0.5, 0.6) is 0 Å². The summed E-state index contributed by atoms with van der Waals surface area (Å²) in [6, 6.07) is 15.4. The molecule has 0 saturated carbocycles. The van der Waals surface area contributed by atoms with Gasteiger partial charge in [0, 0.05) is 17.1 Å². The van der Waals surface area contributed by atoms with E-state index in [1.165, 1.54) is 12.1 Å². The first-order chi connectivity index (χ1) is 14.1. The Morgan fingerprint density at radius 2 is 1.86 bits per heavy atom. The van der Waals surface area contributed by atoms with Crippen LogP contribution in [-0.4, -0.2) is 24.5 Å². The third-order valence-electron chi connectivity index (χ3n) is 5.09. The van der Waals surface area contributed by atoms with Gasteiger partial charge in [-0.1, -0.05) is 30.3 Å². The number of aromatic nitrogens is 5. The molecule has 0 aliphatic heterocycles. The van der Waals surface area contributed by atoms with Crippen molar-refractivity contribution in [1.82, 2.24) is 24.5 Å². The minimum absolute atomic E-state index is 0.312. The van der Waals surface area contributed by atoms with Crippen LogP contribution in [0.3, 0.4) is 0 Å². The second kappa shape index (κ2) is 6.63. The van der Waals surface area contributed by atoms with Gasteiger partial charge in [-0.05, 0) is 36.8 Å². The van der Waals surface area contributed by atoms with Gasteiger partial charge in [-0.2, -0.15) is 0 Å². The number of hydrogen-bond acceptors (Lipinski definition) is 4. The number of nitrogens with zero attached hydrogens (tertiary/aromatic N) is 4. The molecule has 3 aromatic heterocycles. The topological polar surface area (TPSA) is 76.5 Å². The number of imidazole rings is 1. The van der Waals surface area contributed by atoms with E-state index in [0.29, 0.717) is 17.0 Å². The second-order valence-corrected chi connectivity index (χ2v) is 6.83. The van der Waals surface area contributed by atoms with E-state index in [-0.39, 0.29) is 17.5 Å². The first kappa shape index (κ1) is 17.2. The minimum Gasteiger partial charge on any atom is -0.289 e. The number of pyridine rings is 1. The van der Waals surface area contributed by atoms with Crippen molar-refractivity contribution in [3.63, 3.8) is 0 Å². The van der Waals surface area contributed by atoms with Gasteiger partial charge in [0.1, 0.15) is 5.82 Å². The average molecular weight is 385 g/mol. The molecule has 0 saturated heterocycles. The first-order valence-corrected chi connectivity index (χ1v) is 9.18. The van der Waals surface area contributed by atoms with Gasteiger partial charge in [-0.25, -0.2) is 19.2 Å². The Kier molecular flexibility index (Phi) is 3.94. The van der Waals surface area contributed by atoms with Crippen LogP contribution in [0.4, 0.5) is 4.39 Å². The highest BCUT2D eigenvalue weighted by molar-refractivity contribution is 5.93. The van der Waals surface area contributed by atoms with Gasteiger partial charge in [0.25, 0.3) is 0 Å². The average Bonchev–Trinajstić information content (AvgIpc) is 3.08. The van der Waals surface area contributed by atoms with Crippen LogP contribution >= 0.6 is 0 Å². The zero-order chi connectivity index (χ0) is 20.0. The molecule has 29 heavy (non-hydrogen) atoms. The maximum atomic E-state index is 13.3. The van der Waals surface area contributed by atoms with Crippen molar-refractivity contribution < 1.29 is 4.39 Å². The fraction of sp³-hybridized carbons (Fsp3) is 0.0909. The molecule has 6 nitrogen and oxygen atoms in total. The summed E-state index contributed by atoms with van der Waals surface area (Å²) in [5.41, 5.74) is 3.74. The Labute approximate surface area is 164 Å². The van der Waals surface area contributed by atoms with E-state index in [1.54, 1.807) is 29.1 Å². The number of fused-ring (bicyclic) bond motifs is 2. The molecular formula is C22H16FN5O. The molecule has 0 bridgehead atoms. The molecule has 7 heteroatoms. The van der Waals surface area contributed by atoms with Gasteiger partial charge < -0.3 is 0 Å². The lowest BCUT2D eigenvalue weighted by molar-refractivity contribution is 0.612. The third kappa shape index (κ3) is 2.87. The Morgan fingerprint density at radius 3 is 2.69 bits per heavy atom. The zero-order valence-electron chi connectivity index (χ0n) is 15.5. The van der Waals surface area contributed by atoms with Gasteiger partial charge >= 0.3 is 5.69 Å². The predicted octanol–water partition coefficient (Wildman–Crippen LogP) is 4.08. The molecule has 1 atom stereocenters.